The zero-order valence-electron chi connectivity index (χ0n) is 14.1. The molecule has 1 aromatic rings. The van der Waals surface area contributed by atoms with Gasteiger partial charge in [0.2, 0.25) is 10.0 Å². The maximum atomic E-state index is 12.7. The molecule has 1 saturated heterocycles. The van der Waals surface area contributed by atoms with E-state index in [9.17, 15) is 18.0 Å². The zero-order valence-corrected chi connectivity index (χ0v) is 14.9. The molecule has 1 aliphatic heterocycles. The van der Waals surface area contributed by atoms with Crippen molar-refractivity contribution in [2.45, 2.75) is 30.7 Å². The largest absolute Gasteiger partial charge is 0.454 e. The molecule has 1 amide bonds. The fraction of sp³-hybridized carbons (Fsp3) is 0.500. The van der Waals surface area contributed by atoms with Crippen LogP contribution in [0.3, 0.4) is 0 Å². The number of amides is 1. The van der Waals surface area contributed by atoms with E-state index in [2.05, 4.69) is 0 Å². The van der Waals surface area contributed by atoms with Gasteiger partial charge in [0, 0.05) is 20.6 Å². The number of rotatable bonds is 5. The fourth-order valence-corrected chi connectivity index (χ4v) is 4.11. The maximum Gasteiger partial charge on any atom is 0.324 e. The van der Waals surface area contributed by atoms with E-state index in [1.807, 2.05) is 6.92 Å². The van der Waals surface area contributed by atoms with Gasteiger partial charge in [-0.25, -0.2) is 8.42 Å². The van der Waals surface area contributed by atoms with Crippen LogP contribution in [0.25, 0.3) is 0 Å². The lowest BCUT2D eigenvalue weighted by molar-refractivity contribution is -0.153. The van der Waals surface area contributed by atoms with E-state index in [-0.39, 0.29) is 24.0 Å². The maximum absolute atomic E-state index is 12.7. The van der Waals surface area contributed by atoms with E-state index in [0.717, 1.165) is 5.56 Å². The van der Waals surface area contributed by atoms with Crippen molar-refractivity contribution < 1.29 is 22.7 Å². The van der Waals surface area contributed by atoms with E-state index in [4.69, 9.17) is 4.74 Å². The molecule has 24 heavy (non-hydrogen) atoms. The first kappa shape index (κ1) is 18.4. The molecule has 2 rings (SSSR count). The number of sulfonamides is 1. The molecule has 0 radical (unpaired) electrons. The van der Waals surface area contributed by atoms with Crippen LogP contribution in [0.1, 0.15) is 18.4 Å². The second kappa shape index (κ2) is 7.31. The van der Waals surface area contributed by atoms with Gasteiger partial charge in [-0.1, -0.05) is 17.7 Å². The molecule has 0 aliphatic carbocycles. The van der Waals surface area contributed by atoms with Gasteiger partial charge >= 0.3 is 5.97 Å². The van der Waals surface area contributed by atoms with Crippen molar-refractivity contribution in [2.75, 3.05) is 27.2 Å². The highest BCUT2D eigenvalue weighted by Gasteiger charge is 2.40. The standard InChI is InChI=1S/C16H22N2O5S/c1-12-6-8-13(9-7-12)24(21,22)18-10-4-5-14(18)16(20)23-11-15(19)17(2)3/h6-9,14H,4-5,10-11H2,1-3H3/t14-/m0/s1. The minimum Gasteiger partial charge on any atom is -0.454 e. The first-order chi connectivity index (χ1) is 11.2. The second-order valence-electron chi connectivity index (χ2n) is 5.98. The van der Waals surface area contributed by atoms with Crippen LogP contribution in [0.4, 0.5) is 0 Å². The van der Waals surface area contributed by atoms with Gasteiger partial charge in [-0.3, -0.25) is 9.59 Å². The summed E-state index contributed by atoms with van der Waals surface area (Å²) in [6.45, 7) is 1.74. The summed E-state index contributed by atoms with van der Waals surface area (Å²) in [6.07, 6.45) is 0.965. The summed E-state index contributed by atoms with van der Waals surface area (Å²) in [7, 11) is -0.656. The molecular weight excluding hydrogens is 332 g/mol. The first-order valence-electron chi connectivity index (χ1n) is 7.69. The van der Waals surface area contributed by atoms with Crippen LogP contribution < -0.4 is 0 Å². The summed E-state index contributed by atoms with van der Waals surface area (Å²) in [4.78, 5) is 25.2. The van der Waals surface area contributed by atoms with Gasteiger partial charge in [0.05, 0.1) is 4.90 Å². The van der Waals surface area contributed by atoms with Gasteiger partial charge in [0.25, 0.3) is 5.91 Å². The Morgan fingerprint density at radius 1 is 1.25 bits per heavy atom. The van der Waals surface area contributed by atoms with Gasteiger partial charge in [0.1, 0.15) is 6.04 Å². The molecule has 0 aromatic heterocycles. The van der Waals surface area contributed by atoms with Crippen LogP contribution in [-0.2, 0) is 24.3 Å². The predicted molar refractivity (Wildman–Crippen MR) is 87.7 cm³/mol. The average Bonchev–Trinajstić information content (AvgIpc) is 3.03. The van der Waals surface area contributed by atoms with Gasteiger partial charge in [0.15, 0.2) is 6.61 Å². The van der Waals surface area contributed by atoms with Gasteiger partial charge < -0.3 is 9.64 Å². The molecule has 1 heterocycles. The van der Waals surface area contributed by atoms with Crippen LogP contribution >= 0.6 is 0 Å². The topological polar surface area (TPSA) is 84.0 Å². The second-order valence-corrected chi connectivity index (χ2v) is 7.87. The number of aryl methyl sites for hydroxylation is 1. The van der Waals surface area contributed by atoms with Crippen molar-refractivity contribution in [3.63, 3.8) is 0 Å². The number of carbonyl (C=O) groups is 2. The van der Waals surface area contributed by atoms with Crippen molar-refractivity contribution in [3.8, 4) is 0 Å². The average molecular weight is 354 g/mol. The number of esters is 1. The summed E-state index contributed by atoms with van der Waals surface area (Å²) >= 11 is 0. The number of hydrogen-bond donors (Lipinski definition) is 0. The third kappa shape index (κ3) is 3.93. The quantitative estimate of drug-likeness (QED) is 0.730. The Labute approximate surface area is 142 Å². The Morgan fingerprint density at radius 3 is 2.46 bits per heavy atom. The molecule has 0 unspecified atom stereocenters. The molecule has 1 aromatic carbocycles. The number of hydrogen-bond acceptors (Lipinski definition) is 5. The number of carbonyl (C=O) groups excluding carboxylic acids is 2. The third-order valence-electron chi connectivity index (χ3n) is 3.94. The molecule has 1 aliphatic rings. The monoisotopic (exact) mass is 354 g/mol. The van der Waals surface area contributed by atoms with Crippen molar-refractivity contribution in [1.29, 1.82) is 0 Å². The van der Waals surface area contributed by atoms with Crippen molar-refractivity contribution in [2.24, 2.45) is 0 Å². The number of benzene rings is 1. The number of likely N-dealkylation sites (N-methyl/N-ethyl adjacent to an activating group) is 1. The molecule has 7 nitrogen and oxygen atoms in total. The summed E-state index contributed by atoms with van der Waals surface area (Å²) < 4.78 is 31.7. The molecule has 0 saturated carbocycles. The molecule has 1 fully saturated rings. The van der Waals surface area contributed by atoms with Crippen LogP contribution in [0, 0.1) is 6.92 Å². The van der Waals surface area contributed by atoms with Crippen molar-refractivity contribution in [1.82, 2.24) is 9.21 Å². The van der Waals surface area contributed by atoms with Gasteiger partial charge in [-0.2, -0.15) is 4.31 Å². The Hall–Kier alpha value is -1.93. The lowest BCUT2D eigenvalue weighted by Gasteiger charge is -2.23. The molecule has 0 N–H and O–H groups in total. The number of ether oxygens (including phenoxy) is 1. The van der Waals surface area contributed by atoms with Gasteiger partial charge in [-0.05, 0) is 31.9 Å². The normalized spacial score (nSPS) is 18.4. The Morgan fingerprint density at radius 2 is 1.88 bits per heavy atom. The summed E-state index contributed by atoms with van der Waals surface area (Å²) in [6, 6.07) is 5.60. The fourth-order valence-electron chi connectivity index (χ4n) is 2.47. The first-order valence-corrected chi connectivity index (χ1v) is 9.13. The van der Waals surface area contributed by atoms with Crippen molar-refractivity contribution in [3.05, 3.63) is 29.8 Å². The SMILES string of the molecule is Cc1ccc(S(=O)(=O)N2CCC[C@H]2C(=O)OCC(=O)N(C)C)cc1. The minimum atomic E-state index is -3.77. The van der Waals surface area contributed by atoms with Crippen LogP contribution in [0.15, 0.2) is 29.2 Å². The highest BCUT2D eigenvalue weighted by atomic mass is 32.2. The highest BCUT2D eigenvalue weighted by Crippen LogP contribution is 2.27. The summed E-state index contributed by atoms with van der Waals surface area (Å²) in [5, 5.41) is 0. The van der Waals surface area contributed by atoms with E-state index >= 15 is 0 Å². The smallest absolute Gasteiger partial charge is 0.324 e. The molecular formula is C16H22N2O5S. The molecule has 1 atom stereocenters. The highest BCUT2D eigenvalue weighted by molar-refractivity contribution is 7.89. The summed E-state index contributed by atoms with van der Waals surface area (Å²) in [5.41, 5.74) is 0.952. The summed E-state index contributed by atoms with van der Waals surface area (Å²) in [5.74, 6) is -1.03. The molecule has 132 valence electrons. The zero-order chi connectivity index (χ0) is 17.9. The Kier molecular flexibility index (Phi) is 5.61. The van der Waals surface area contributed by atoms with E-state index in [0.29, 0.717) is 12.8 Å². The van der Waals surface area contributed by atoms with Crippen LogP contribution in [0.2, 0.25) is 0 Å². The lowest BCUT2D eigenvalue weighted by atomic mass is 10.2. The Balaban J connectivity index is 2.13. The predicted octanol–water partition coefficient (Wildman–Crippen LogP) is 0.780. The number of nitrogens with zero attached hydrogens (tertiary/aromatic N) is 2. The van der Waals surface area contributed by atoms with E-state index < -0.39 is 22.0 Å². The van der Waals surface area contributed by atoms with Crippen LogP contribution in [0.5, 0.6) is 0 Å². The Bertz CT molecular complexity index is 712. The van der Waals surface area contributed by atoms with E-state index in [1.165, 1.54) is 21.3 Å². The third-order valence-corrected chi connectivity index (χ3v) is 5.86. The van der Waals surface area contributed by atoms with Crippen LogP contribution in [-0.4, -0.2) is 62.8 Å². The molecule has 8 heteroatoms. The van der Waals surface area contributed by atoms with Crippen molar-refractivity contribution >= 4 is 21.9 Å². The van der Waals surface area contributed by atoms with Gasteiger partial charge in [-0.15, -0.1) is 0 Å². The molecule has 0 spiro atoms. The lowest BCUT2D eigenvalue weighted by Crippen LogP contribution is -2.42. The molecule has 0 bridgehead atoms. The van der Waals surface area contributed by atoms with E-state index in [1.54, 1.807) is 26.2 Å². The minimum absolute atomic E-state index is 0.150.